The third-order valence-electron chi connectivity index (χ3n) is 9.02. The van der Waals surface area contributed by atoms with E-state index in [4.69, 9.17) is 9.47 Å². The lowest BCUT2D eigenvalue weighted by molar-refractivity contribution is -0.123. The summed E-state index contributed by atoms with van der Waals surface area (Å²) in [4.78, 5) is 55.6. The van der Waals surface area contributed by atoms with Gasteiger partial charge in [-0.05, 0) is 67.1 Å². The minimum atomic E-state index is -1.77. The zero-order chi connectivity index (χ0) is 31.4. The van der Waals surface area contributed by atoms with E-state index in [9.17, 15) is 34.3 Å². The molecule has 10 nitrogen and oxygen atoms in total. The van der Waals surface area contributed by atoms with Crippen molar-refractivity contribution in [3.05, 3.63) is 82.5 Å². The fourth-order valence-electron chi connectivity index (χ4n) is 6.93. The third kappa shape index (κ3) is 4.60. The molecule has 4 aliphatic rings. The standard InChI is InChI=1S/C33H30BNO9/c1-16-11-25(36)24-15-23-20(21(28(24)30(16)37)8-7-17-12-26(43-2)31(38)27(13-17)44-3)9-10-22-29(23)33(40)35(32(22)39)19-6-4-5-18(14-19)34(41)42/h4-9,11-14,21-23,29,38,41-42H,10,15H2,1-3H3/t21-,22-,23+,29-/m0/s1. The van der Waals surface area contributed by atoms with E-state index in [0.29, 0.717) is 22.3 Å². The summed E-state index contributed by atoms with van der Waals surface area (Å²) in [6, 6.07) is 9.22. The maximum atomic E-state index is 14.0. The maximum Gasteiger partial charge on any atom is 0.488 e. The number of fused-ring (bicyclic) bond motifs is 3. The third-order valence-corrected chi connectivity index (χ3v) is 9.02. The number of phenols is 1. The van der Waals surface area contributed by atoms with Crippen LogP contribution in [-0.4, -0.2) is 59.9 Å². The Balaban J connectivity index is 1.43. The quantitative estimate of drug-likeness (QED) is 0.198. The first-order chi connectivity index (χ1) is 21.0. The molecule has 1 saturated heterocycles. The number of aromatic hydroxyl groups is 1. The van der Waals surface area contributed by atoms with Crippen LogP contribution in [0.25, 0.3) is 6.08 Å². The number of rotatable bonds is 6. The molecule has 2 amide bonds. The molecule has 0 spiro atoms. The summed E-state index contributed by atoms with van der Waals surface area (Å²) >= 11 is 0. The van der Waals surface area contributed by atoms with E-state index in [1.807, 2.05) is 6.08 Å². The minimum Gasteiger partial charge on any atom is -0.502 e. The van der Waals surface area contributed by atoms with E-state index in [1.165, 1.54) is 32.4 Å². The molecular weight excluding hydrogens is 565 g/mol. The number of hydrogen-bond donors (Lipinski definition) is 3. The molecule has 4 atom stereocenters. The van der Waals surface area contributed by atoms with Crippen molar-refractivity contribution in [3.63, 3.8) is 0 Å². The van der Waals surface area contributed by atoms with E-state index in [0.717, 1.165) is 10.5 Å². The topological polar surface area (TPSA) is 151 Å². The van der Waals surface area contributed by atoms with Crippen molar-refractivity contribution < 1.29 is 43.8 Å². The number of amides is 2. The Morgan fingerprint density at radius 2 is 1.68 bits per heavy atom. The fraction of sp³-hybridized carbons (Fsp3) is 0.273. The number of ketones is 2. The number of phenolic OH excluding ortho intramolecular Hbond substituents is 1. The summed E-state index contributed by atoms with van der Waals surface area (Å²) in [5.74, 6) is -3.70. The van der Waals surface area contributed by atoms with Crippen LogP contribution in [0.3, 0.4) is 0 Å². The van der Waals surface area contributed by atoms with Crippen molar-refractivity contribution in [1.29, 1.82) is 0 Å². The number of carbonyl (C=O) groups excluding carboxylic acids is 4. The van der Waals surface area contributed by atoms with Crippen LogP contribution in [0, 0.1) is 23.7 Å². The number of benzene rings is 2. The lowest BCUT2D eigenvalue weighted by Crippen LogP contribution is -2.40. The number of ether oxygens (including phenoxy) is 2. The molecule has 2 aromatic carbocycles. The van der Waals surface area contributed by atoms with Gasteiger partial charge in [-0.1, -0.05) is 35.9 Å². The SMILES string of the molecule is COc1cc(C=C[C@H]2C3=CC[C@@H]4C(=O)N(c5cccc(B(O)O)c5)C(=O)[C@@H]4[C@@H]3CC3=C2C(=O)C(C)=CC3=O)cc(OC)c1O. The zero-order valence-corrected chi connectivity index (χ0v) is 24.3. The van der Waals surface area contributed by atoms with E-state index < -0.39 is 42.6 Å². The molecule has 0 radical (unpaired) electrons. The number of hydrogen-bond acceptors (Lipinski definition) is 9. The van der Waals surface area contributed by atoms with Gasteiger partial charge < -0.3 is 24.6 Å². The molecule has 3 N–H and O–H groups in total. The van der Waals surface area contributed by atoms with Gasteiger partial charge >= 0.3 is 7.12 Å². The average Bonchev–Trinajstić information content (AvgIpc) is 3.27. The van der Waals surface area contributed by atoms with Crippen LogP contribution in [-0.2, 0) is 19.2 Å². The zero-order valence-electron chi connectivity index (χ0n) is 24.3. The lowest BCUT2D eigenvalue weighted by Gasteiger charge is -2.41. The highest BCUT2D eigenvalue weighted by atomic mass is 16.5. The molecule has 0 saturated carbocycles. The molecule has 0 aromatic heterocycles. The number of Topliss-reactive ketones (excluding diaryl/α,β-unsaturated/α-hetero) is 1. The highest BCUT2D eigenvalue weighted by Crippen LogP contribution is 2.53. The Kier molecular flexibility index (Phi) is 7.39. The molecule has 0 bridgehead atoms. The van der Waals surface area contributed by atoms with Gasteiger partial charge in [0.25, 0.3) is 0 Å². The predicted molar refractivity (Wildman–Crippen MR) is 161 cm³/mol. The van der Waals surface area contributed by atoms with Crippen LogP contribution < -0.4 is 19.8 Å². The van der Waals surface area contributed by atoms with Crippen molar-refractivity contribution in [1.82, 2.24) is 0 Å². The van der Waals surface area contributed by atoms with Gasteiger partial charge in [-0.3, -0.25) is 24.1 Å². The lowest BCUT2D eigenvalue weighted by atomic mass is 9.60. The summed E-state index contributed by atoms with van der Waals surface area (Å²) in [5.41, 5.74) is 2.82. The predicted octanol–water partition coefficient (Wildman–Crippen LogP) is 2.27. The normalized spacial score (nSPS) is 24.6. The van der Waals surface area contributed by atoms with Crippen molar-refractivity contribution >= 4 is 47.7 Å². The second-order valence-corrected chi connectivity index (χ2v) is 11.4. The first kappa shape index (κ1) is 29.3. The second-order valence-electron chi connectivity index (χ2n) is 11.4. The molecule has 1 aliphatic heterocycles. The molecule has 11 heteroatoms. The Bertz CT molecular complexity index is 1730. The molecular formula is C33H30BNO9. The molecule has 1 fully saturated rings. The van der Waals surface area contributed by atoms with Gasteiger partial charge in [0.2, 0.25) is 17.6 Å². The second kappa shape index (κ2) is 11.1. The summed E-state index contributed by atoms with van der Waals surface area (Å²) in [6.07, 6.45) is 7.20. The Morgan fingerprint density at radius 1 is 0.977 bits per heavy atom. The number of nitrogens with zero attached hydrogens (tertiary/aromatic N) is 1. The van der Waals surface area contributed by atoms with E-state index >= 15 is 0 Å². The molecule has 3 aliphatic carbocycles. The van der Waals surface area contributed by atoms with Crippen molar-refractivity contribution in [2.45, 2.75) is 19.8 Å². The number of anilines is 1. The first-order valence-electron chi connectivity index (χ1n) is 14.2. The summed E-state index contributed by atoms with van der Waals surface area (Å²) in [7, 11) is 1.07. The van der Waals surface area contributed by atoms with E-state index in [2.05, 4.69) is 0 Å². The Morgan fingerprint density at radius 3 is 2.34 bits per heavy atom. The highest BCUT2D eigenvalue weighted by Gasteiger charge is 2.56. The smallest absolute Gasteiger partial charge is 0.488 e. The molecule has 0 unspecified atom stereocenters. The molecule has 6 rings (SSSR count). The van der Waals surface area contributed by atoms with Crippen LogP contribution >= 0.6 is 0 Å². The monoisotopic (exact) mass is 595 g/mol. The molecule has 44 heavy (non-hydrogen) atoms. The first-order valence-corrected chi connectivity index (χ1v) is 14.2. The van der Waals surface area contributed by atoms with Crippen LogP contribution in [0.5, 0.6) is 17.2 Å². The summed E-state index contributed by atoms with van der Waals surface area (Å²) < 4.78 is 10.6. The van der Waals surface area contributed by atoms with Crippen LogP contribution in [0.1, 0.15) is 25.3 Å². The summed E-state index contributed by atoms with van der Waals surface area (Å²) in [6.45, 7) is 1.60. The average molecular weight is 595 g/mol. The van der Waals surface area contributed by atoms with Gasteiger partial charge in [0.15, 0.2) is 23.1 Å². The minimum absolute atomic E-state index is 0.143. The largest absolute Gasteiger partial charge is 0.502 e. The van der Waals surface area contributed by atoms with Crippen molar-refractivity contribution in [2.24, 2.45) is 23.7 Å². The van der Waals surface area contributed by atoms with Gasteiger partial charge in [-0.2, -0.15) is 0 Å². The molecule has 224 valence electrons. The van der Waals surface area contributed by atoms with Crippen LogP contribution in [0.15, 0.2) is 76.9 Å². The highest BCUT2D eigenvalue weighted by molar-refractivity contribution is 6.58. The van der Waals surface area contributed by atoms with E-state index in [-0.39, 0.29) is 52.8 Å². The van der Waals surface area contributed by atoms with Gasteiger partial charge in [-0.25, -0.2) is 0 Å². The van der Waals surface area contributed by atoms with Crippen LogP contribution in [0.4, 0.5) is 5.69 Å². The van der Waals surface area contributed by atoms with Crippen molar-refractivity contribution in [3.8, 4) is 17.2 Å². The van der Waals surface area contributed by atoms with Gasteiger partial charge in [0.05, 0.1) is 31.7 Å². The van der Waals surface area contributed by atoms with Crippen molar-refractivity contribution in [2.75, 3.05) is 19.1 Å². The Labute approximate surface area is 253 Å². The number of methoxy groups -OCH3 is 2. The molecule has 2 aromatic rings. The number of carbonyl (C=O) groups is 4. The maximum absolute atomic E-state index is 14.0. The van der Waals surface area contributed by atoms with E-state index in [1.54, 1.807) is 43.3 Å². The molecule has 1 heterocycles. The van der Waals surface area contributed by atoms with Gasteiger partial charge in [0, 0.05) is 22.6 Å². The number of allylic oxidation sites excluding steroid dienone is 7. The Hall–Kier alpha value is -4.74. The fourth-order valence-corrected chi connectivity index (χ4v) is 6.93. The van der Waals surface area contributed by atoms with Gasteiger partial charge in [0.1, 0.15) is 0 Å². The van der Waals surface area contributed by atoms with Gasteiger partial charge in [-0.15, -0.1) is 0 Å². The summed E-state index contributed by atoms with van der Waals surface area (Å²) in [5, 5.41) is 29.6. The van der Waals surface area contributed by atoms with Crippen LogP contribution in [0.2, 0.25) is 0 Å². The number of imide groups is 1.